The van der Waals surface area contributed by atoms with Crippen molar-refractivity contribution in [3.05, 3.63) is 66.0 Å². The summed E-state index contributed by atoms with van der Waals surface area (Å²) in [6, 6.07) is 15.1. The molecule has 2 aromatic carbocycles. The SMILES string of the molecule is O=C(NO[C@@H]1CCCCO1)c1cc(-c2ccc(F)cc2)nc2ccccc12. The minimum Gasteiger partial charge on any atom is -0.350 e. The lowest BCUT2D eigenvalue weighted by atomic mass is 10.0. The summed E-state index contributed by atoms with van der Waals surface area (Å²) in [5.41, 5.74) is 4.94. The number of nitrogens with zero attached hydrogens (tertiary/aromatic N) is 1. The zero-order valence-corrected chi connectivity index (χ0v) is 14.7. The molecule has 3 aromatic rings. The Morgan fingerprint density at radius 2 is 1.96 bits per heavy atom. The minimum absolute atomic E-state index is 0.321. The van der Waals surface area contributed by atoms with Crippen LogP contribution in [0.15, 0.2) is 54.6 Å². The number of para-hydroxylation sites is 1. The van der Waals surface area contributed by atoms with Crippen molar-refractivity contribution < 1.29 is 18.8 Å². The molecule has 0 aliphatic carbocycles. The molecule has 0 spiro atoms. The average Bonchev–Trinajstić information content (AvgIpc) is 2.72. The molecule has 1 fully saturated rings. The fourth-order valence-corrected chi connectivity index (χ4v) is 3.11. The number of aromatic nitrogens is 1. The summed E-state index contributed by atoms with van der Waals surface area (Å²) in [5.74, 6) is -0.690. The molecule has 1 aliphatic heterocycles. The van der Waals surface area contributed by atoms with E-state index in [1.165, 1.54) is 12.1 Å². The van der Waals surface area contributed by atoms with Crippen molar-refractivity contribution in [1.82, 2.24) is 10.5 Å². The van der Waals surface area contributed by atoms with E-state index in [9.17, 15) is 9.18 Å². The first-order chi connectivity index (χ1) is 13.2. The van der Waals surface area contributed by atoms with Crippen molar-refractivity contribution in [2.24, 2.45) is 0 Å². The molecule has 138 valence electrons. The van der Waals surface area contributed by atoms with Crippen molar-refractivity contribution >= 4 is 16.8 Å². The van der Waals surface area contributed by atoms with Gasteiger partial charge < -0.3 is 4.74 Å². The minimum atomic E-state index is -0.424. The van der Waals surface area contributed by atoms with E-state index in [0.717, 1.165) is 24.8 Å². The zero-order chi connectivity index (χ0) is 18.6. The van der Waals surface area contributed by atoms with Crippen molar-refractivity contribution in [3.63, 3.8) is 0 Å². The maximum absolute atomic E-state index is 13.2. The van der Waals surface area contributed by atoms with Gasteiger partial charge in [-0.15, -0.1) is 0 Å². The van der Waals surface area contributed by atoms with Gasteiger partial charge in [-0.3, -0.25) is 4.79 Å². The summed E-state index contributed by atoms with van der Waals surface area (Å²) < 4.78 is 18.7. The van der Waals surface area contributed by atoms with Gasteiger partial charge in [0.1, 0.15) is 5.82 Å². The number of carbonyl (C=O) groups is 1. The van der Waals surface area contributed by atoms with E-state index >= 15 is 0 Å². The Labute approximate surface area is 156 Å². The van der Waals surface area contributed by atoms with E-state index in [1.54, 1.807) is 18.2 Å². The molecule has 0 saturated carbocycles. The number of hydroxylamine groups is 1. The Bertz CT molecular complexity index is 953. The van der Waals surface area contributed by atoms with Gasteiger partial charge in [-0.1, -0.05) is 18.2 Å². The van der Waals surface area contributed by atoms with Gasteiger partial charge in [0, 0.05) is 24.0 Å². The number of fused-ring (bicyclic) bond motifs is 1. The maximum Gasteiger partial charge on any atom is 0.275 e. The lowest BCUT2D eigenvalue weighted by molar-refractivity contribution is -0.186. The summed E-state index contributed by atoms with van der Waals surface area (Å²) in [5, 5.41) is 0.717. The predicted molar refractivity (Wildman–Crippen MR) is 99.3 cm³/mol. The first-order valence-electron chi connectivity index (χ1n) is 8.94. The highest BCUT2D eigenvalue weighted by Crippen LogP contribution is 2.25. The van der Waals surface area contributed by atoms with Crippen LogP contribution in [0, 0.1) is 5.82 Å². The predicted octanol–water partition coefficient (Wildman–Crippen LogP) is 4.23. The Morgan fingerprint density at radius 3 is 2.74 bits per heavy atom. The quantitative estimate of drug-likeness (QED) is 0.702. The summed E-state index contributed by atoms with van der Waals surface area (Å²) >= 11 is 0. The number of pyridine rings is 1. The van der Waals surface area contributed by atoms with E-state index in [4.69, 9.17) is 9.57 Å². The highest BCUT2D eigenvalue weighted by molar-refractivity contribution is 6.06. The molecular formula is C21H19FN2O3. The van der Waals surface area contributed by atoms with Crippen LogP contribution < -0.4 is 5.48 Å². The smallest absolute Gasteiger partial charge is 0.275 e. The van der Waals surface area contributed by atoms with Crippen LogP contribution in [0.3, 0.4) is 0 Å². The normalized spacial score (nSPS) is 17.0. The van der Waals surface area contributed by atoms with Crippen LogP contribution in [-0.4, -0.2) is 23.8 Å². The third-order valence-corrected chi connectivity index (χ3v) is 4.52. The van der Waals surface area contributed by atoms with E-state index in [2.05, 4.69) is 10.5 Å². The second kappa shape index (κ2) is 7.82. The fourth-order valence-electron chi connectivity index (χ4n) is 3.11. The second-order valence-electron chi connectivity index (χ2n) is 6.42. The van der Waals surface area contributed by atoms with Crippen LogP contribution in [-0.2, 0) is 9.57 Å². The van der Waals surface area contributed by atoms with Crippen molar-refractivity contribution in [1.29, 1.82) is 0 Å². The summed E-state index contributed by atoms with van der Waals surface area (Å²) in [7, 11) is 0. The average molecular weight is 366 g/mol. The standard InChI is InChI=1S/C21H19FN2O3/c22-15-10-8-14(9-11-15)19-13-17(16-5-1-2-6-18(16)23-19)21(25)24-27-20-7-3-4-12-26-20/h1-2,5-6,8-11,13,20H,3-4,7,12H2,(H,24,25)/t20-/m1/s1. The Morgan fingerprint density at radius 1 is 1.15 bits per heavy atom. The van der Waals surface area contributed by atoms with Gasteiger partial charge in [-0.2, -0.15) is 0 Å². The number of hydrogen-bond acceptors (Lipinski definition) is 4. The molecule has 1 amide bonds. The molecule has 0 unspecified atom stereocenters. The number of ether oxygens (including phenoxy) is 1. The first kappa shape index (κ1) is 17.6. The number of nitrogens with one attached hydrogen (secondary N) is 1. The first-order valence-corrected chi connectivity index (χ1v) is 8.94. The molecule has 5 nitrogen and oxygen atoms in total. The number of benzene rings is 2. The fraction of sp³-hybridized carbons (Fsp3) is 0.238. The Balaban J connectivity index is 1.65. The Hall–Kier alpha value is -2.83. The molecule has 0 bridgehead atoms. The highest BCUT2D eigenvalue weighted by Gasteiger charge is 2.18. The van der Waals surface area contributed by atoms with Crippen LogP contribution in [0.1, 0.15) is 29.6 Å². The third kappa shape index (κ3) is 3.97. The number of rotatable bonds is 4. The molecule has 1 N–H and O–H groups in total. The molecule has 0 radical (unpaired) electrons. The number of amides is 1. The van der Waals surface area contributed by atoms with Gasteiger partial charge in [-0.05, 0) is 49.2 Å². The molecule has 1 aromatic heterocycles. The van der Waals surface area contributed by atoms with Crippen molar-refractivity contribution in [2.45, 2.75) is 25.6 Å². The van der Waals surface area contributed by atoms with Crippen LogP contribution in [0.2, 0.25) is 0 Å². The summed E-state index contributed by atoms with van der Waals surface area (Å²) in [6.45, 7) is 0.632. The van der Waals surface area contributed by atoms with Gasteiger partial charge in [-0.25, -0.2) is 19.7 Å². The second-order valence-corrected chi connectivity index (χ2v) is 6.42. The molecule has 1 aliphatic rings. The number of hydrogen-bond donors (Lipinski definition) is 1. The van der Waals surface area contributed by atoms with E-state index in [0.29, 0.717) is 28.8 Å². The topological polar surface area (TPSA) is 60.5 Å². The van der Waals surface area contributed by atoms with Gasteiger partial charge in [0.05, 0.1) is 16.8 Å². The summed E-state index contributed by atoms with van der Waals surface area (Å²) in [4.78, 5) is 22.8. The summed E-state index contributed by atoms with van der Waals surface area (Å²) in [6.07, 6.45) is 2.34. The molecule has 6 heteroatoms. The monoisotopic (exact) mass is 366 g/mol. The van der Waals surface area contributed by atoms with E-state index in [1.807, 2.05) is 24.3 Å². The van der Waals surface area contributed by atoms with Gasteiger partial charge in [0.15, 0.2) is 6.29 Å². The van der Waals surface area contributed by atoms with Crippen LogP contribution in [0.4, 0.5) is 4.39 Å². The van der Waals surface area contributed by atoms with E-state index < -0.39 is 6.29 Å². The molecule has 4 rings (SSSR count). The highest BCUT2D eigenvalue weighted by atomic mass is 19.1. The van der Waals surface area contributed by atoms with Crippen LogP contribution in [0.5, 0.6) is 0 Å². The molecular weight excluding hydrogens is 347 g/mol. The van der Waals surface area contributed by atoms with Gasteiger partial charge >= 0.3 is 0 Å². The Kier molecular flexibility index (Phi) is 5.09. The lowest BCUT2D eigenvalue weighted by Crippen LogP contribution is -2.33. The largest absolute Gasteiger partial charge is 0.350 e. The molecule has 1 atom stereocenters. The van der Waals surface area contributed by atoms with Crippen molar-refractivity contribution in [3.8, 4) is 11.3 Å². The van der Waals surface area contributed by atoms with Crippen LogP contribution in [0.25, 0.3) is 22.2 Å². The molecule has 27 heavy (non-hydrogen) atoms. The van der Waals surface area contributed by atoms with Gasteiger partial charge in [0.2, 0.25) is 0 Å². The third-order valence-electron chi connectivity index (χ3n) is 4.52. The van der Waals surface area contributed by atoms with E-state index in [-0.39, 0.29) is 11.7 Å². The van der Waals surface area contributed by atoms with Gasteiger partial charge in [0.25, 0.3) is 5.91 Å². The maximum atomic E-state index is 13.2. The molecule has 1 saturated heterocycles. The molecule has 2 heterocycles. The zero-order valence-electron chi connectivity index (χ0n) is 14.7. The lowest BCUT2D eigenvalue weighted by Gasteiger charge is -2.22. The number of halogens is 1. The van der Waals surface area contributed by atoms with Crippen molar-refractivity contribution in [2.75, 3.05) is 6.61 Å². The van der Waals surface area contributed by atoms with Crippen LogP contribution >= 0.6 is 0 Å². The number of carbonyl (C=O) groups excluding carboxylic acids is 1.